The van der Waals surface area contributed by atoms with Crippen LogP contribution in [-0.4, -0.2) is 0 Å². The Labute approximate surface area is 143 Å². The van der Waals surface area contributed by atoms with Crippen LogP contribution in [0.4, 0.5) is 0 Å². The largest absolute Gasteiger partial charge is 0.147 e. The van der Waals surface area contributed by atoms with E-state index in [0.717, 1.165) is 8.58 Å². The van der Waals surface area contributed by atoms with Gasteiger partial charge in [0.25, 0.3) is 0 Å². The van der Waals surface area contributed by atoms with Crippen molar-refractivity contribution >= 4 is 31.6 Å². The molecule has 0 bridgehead atoms. The van der Waals surface area contributed by atoms with Gasteiger partial charge in [-0.15, -0.1) is 12.4 Å². The summed E-state index contributed by atoms with van der Waals surface area (Å²) in [5.41, 5.74) is 3.27. The Kier molecular flexibility index (Phi) is 6.25. The first-order chi connectivity index (χ1) is 9.66. The highest BCUT2D eigenvalue weighted by Crippen LogP contribution is 2.24. The Bertz CT molecular complexity index is 528. The number of hydrogen-bond acceptors (Lipinski definition) is 0. The van der Waals surface area contributed by atoms with Crippen molar-refractivity contribution in [2.24, 2.45) is 0 Å². The summed E-state index contributed by atoms with van der Waals surface area (Å²) < 4.78 is 0. The number of halogens is 1. The second-order valence-electron chi connectivity index (χ2n) is 7.78. The molecule has 0 aromatic heterocycles. The Morgan fingerprint density at radius 3 is 1.05 bits per heavy atom. The molecule has 0 N–H and O–H groups in total. The van der Waals surface area contributed by atoms with E-state index in [-0.39, 0.29) is 23.2 Å². The minimum Gasteiger partial charge on any atom is -0.147 e. The van der Waals surface area contributed by atoms with Gasteiger partial charge in [-0.1, -0.05) is 98.7 Å². The summed E-state index contributed by atoms with van der Waals surface area (Å²) in [6.07, 6.45) is 0. The molecule has 2 heteroatoms. The lowest BCUT2D eigenvalue weighted by atomic mass is 9.87. The van der Waals surface area contributed by atoms with Crippen LogP contribution >= 0.6 is 21.0 Å². The molecule has 0 aliphatic carbocycles. The molecule has 0 amide bonds. The molecule has 0 aliphatic heterocycles. The minimum absolute atomic E-state index is 0. The van der Waals surface area contributed by atoms with Gasteiger partial charge in [-0.25, -0.2) is 0 Å². The Morgan fingerprint density at radius 2 is 0.818 bits per heavy atom. The van der Waals surface area contributed by atoms with E-state index in [4.69, 9.17) is 0 Å². The average molecular weight is 335 g/mol. The van der Waals surface area contributed by atoms with Gasteiger partial charge in [0.2, 0.25) is 0 Å². The van der Waals surface area contributed by atoms with E-state index < -0.39 is 0 Å². The monoisotopic (exact) mass is 334 g/mol. The first kappa shape index (κ1) is 19.2. The topological polar surface area (TPSA) is 0 Å². The van der Waals surface area contributed by atoms with Crippen molar-refractivity contribution in [3.05, 3.63) is 59.7 Å². The van der Waals surface area contributed by atoms with E-state index >= 15 is 0 Å². The Balaban J connectivity index is 0.00000242. The van der Waals surface area contributed by atoms with Crippen LogP contribution in [0.5, 0.6) is 0 Å². The van der Waals surface area contributed by atoms with E-state index in [9.17, 15) is 0 Å². The summed E-state index contributed by atoms with van der Waals surface area (Å²) in [5, 5.41) is 2.82. The van der Waals surface area contributed by atoms with Gasteiger partial charge in [-0.05, 0) is 32.6 Å². The van der Waals surface area contributed by atoms with Crippen LogP contribution in [0.2, 0.25) is 0 Å². The fraction of sp³-hybridized carbons (Fsp3) is 0.400. The standard InChI is InChI=1S/C20H27P.ClH/c1-19(2,3)15-7-11-17(12-8-15)21-18-13-9-16(10-14-18)20(4,5)6;/h7-14,21H,1-6H3;1H. The van der Waals surface area contributed by atoms with Gasteiger partial charge < -0.3 is 0 Å². The smallest absolute Gasteiger partial charge is 0.0132 e. The van der Waals surface area contributed by atoms with Gasteiger partial charge in [0.1, 0.15) is 0 Å². The SMILES string of the molecule is CC(C)(C)c1ccc(Pc2ccc(C(C)(C)C)cc2)cc1.Cl. The van der Waals surface area contributed by atoms with Crippen molar-refractivity contribution in [1.82, 2.24) is 0 Å². The maximum Gasteiger partial charge on any atom is -0.0132 e. The molecule has 0 atom stereocenters. The summed E-state index contributed by atoms with van der Waals surface area (Å²) >= 11 is 0. The highest BCUT2D eigenvalue weighted by Gasteiger charge is 2.14. The molecule has 22 heavy (non-hydrogen) atoms. The zero-order valence-electron chi connectivity index (χ0n) is 14.5. The fourth-order valence-electron chi connectivity index (χ4n) is 2.27. The van der Waals surface area contributed by atoms with Gasteiger partial charge in [-0.2, -0.15) is 0 Å². The van der Waals surface area contributed by atoms with Gasteiger partial charge >= 0.3 is 0 Å². The van der Waals surface area contributed by atoms with Crippen molar-refractivity contribution < 1.29 is 0 Å². The molecule has 0 saturated carbocycles. The molecule has 0 saturated heterocycles. The molecule has 0 heterocycles. The molecule has 120 valence electrons. The van der Waals surface area contributed by atoms with Gasteiger partial charge in [0.15, 0.2) is 0 Å². The molecular weight excluding hydrogens is 307 g/mol. The maximum absolute atomic E-state index is 2.27. The average Bonchev–Trinajstić information content (AvgIpc) is 2.38. The highest BCUT2D eigenvalue weighted by molar-refractivity contribution is 7.55. The second-order valence-corrected chi connectivity index (χ2v) is 9.18. The van der Waals surface area contributed by atoms with Crippen LogP contribution < -0.4 is 10.6 Å². The lowest BCUT2D eigenvalue weighted by Crippen LogP contribution is -2.13. The first-order valence-corrected chi connectivity index (χ1v) is 8.64. The van der Waals surface area contributed by atoms with Crippen molar-refractivity contribution in [2.45, 2.75) is 52.4 Å². The first-order valence-electron chi connectivity index (χ1n) is 7.64. The minimum atomic E-state index is 0. The van der Waals surface area contributed by atoms with Crippen LogP contribution in [-0.2, 0) is 10.8 Å². The lowest BCUT2D eigenvalue weighted by molar-refractivity contribution is 0.590. The van der Waals surface area contributed by atoms with E-state index in [1.807, 2.05) is 0 Å². The van der Waals surface area contributed by atoms with Crippen molar-refractivity contribution in [2.75, 3.05) is 0 Å². The fourth-order valence-corrected chi connectivity index (χ4v) is 3.27. The van der Waals surface area contributed by atoms with Gasteiger partial charge in [-0.3, -0.25) is 0 Å². The summed E-state index contributed by atoms with van der Waals surface area (Å²) in [7, 11) is 0.736. The molecule has 0 spiro atoms. The molecule has 0 aliphatic rings. The molecule has 2 aromatic rings. The molecule has 2 aromatic carbocycles. The van der Waals surface area contributed by atoms with Crippen LogP contribution in [0.15, 0.2) is 48.5 Å². The molecule has 2 rings (SSSR count). The Hall–Kier alpha value is -0.840. The van der Waals surface area contributed by atoms with Crippen molar-refractivity contribution in [3.63, 3.8) is 0 Å². The summed E-state index contributed by atoms with van der Waals surface area (Å²) in [6.45, 7) is 13.6. The molecule has 0 nitrogen and oxygen atoms in total. The van der Waals surface area contributed by atoms with Crippen LogP contribution in [0.25, 0.3) is 0 Å². The maximum atomic E-state index is 2.27. The predicted octanol–water partition coefficient (Wildman–Crippen LogP) is 5.33. The highest BCUT2D eigenvalue weighted by atomic mass is 35.5. The Morgan fingerprint density at radius 1 is 0.545 bits per heavy atom. The number of rotatable bonds is 2. The third kappa shape index (κ3) is 5.11. The van der Waals surface area contributed by atoms with E-state index in [2.05, 4.69) is 90.1 Å². The summed E-state index contributed by atoms with van der Waals surface area (Å²) in [5.74, 6) is 0. The van der Waals surface area contributed by atoms with E-state index in [0.29, 0.717) is 0 Å². The molecule has 0 radical (unpaired) electrons. The molecular formula is C20H28ClP. The summed E-state index contributed by atoms with van der Waals surface area (Å²) in [6, 6.07) is 18.2. The van der Waals surface area contributed by atoms with Crippen LogP contribution in [0.3, 0.4) is 0 Å². The summed E-state index contributed by atoms with van der Waals surface area (Å²) in [4.78, 5) is 0. The zero-order chi connectivity index (χ0) is 15.7. The van der Waals surface area contributed by atoms with Crippen molar-refractivity contribution in [3.8, 4) is 0 Å². The van der Waals surface area contributed by atoms with Crippen molar-refractivity contribution in [1.29, 1.82) is 0 Å². The van der Waals surface area contributed by atoms with Gasteiger partial charge in [0, 0.05) is 0 Å². The second kappa shape index (κ2) is 7.16. The van der Waals surface area contributed by atoms with Crippen LogP contribution in [0.1, 0.15) is 52.7 Å². The van der Waals surface area contributed by atoms with Crippen LogP contribution in [0, 0.1) is 0 Å². The quantitative estimate of drug-likeness (QED) is 0.651. The predicted molar refractivity (Wildman–Crippen MR) is 105 cm³/mol. The third-order valence-electron chi connectivity index (χ3n) is 3.79. The number of benzene rings is 2. The lowest BCUT2D eigenvalue weighted by Gasteiger charge is -2.20. The molecule has 0 unspecified atom stereocenters. The zero-order valence-corrected chi connectivity index (χ0v) is 16.3. The normalized spacial score (nSPS) is 11.9. The van der Waals surface area contributed by atoms with E-state index in [1.165, 1.54) is 21.7 Å². The van der Waals surface area contributed by atoms with E-state index in [1.54, 1.807) is 0 Å². The third-order valence-corrected chi connectivity index (χ3v) is 5.03. The van der Waals surface area contributed by atoms with Gasteiger partial charge in [0.05, 0.1) is 0 Å². The number of hydrogen-bond donors (Lipinski definition) is 0. The molecule has 0 fully saturated rings.